The van der Waals surface area contributed by atoms with E-state index in [1.165, 1.54) is 28.4 Å². The van der Waals surface area contributed by atoms with Gasteiger partial charge in [0, 0.05) is 24.2 Å². The fourth-order valence-corrected chi connectivity index (χ4v) is 2.13. The van der Waals surface area contributed by atoms with Crippen LogP contribution >= 0.6 is 15.9 Å². The molecule has 0 spiro atoms. The number of aryl methyl sites for hydroxylation is 1. The molecule has 0 bridgehead atoms. The predicted molar refractivity (Wildman–Crippen MR) is 78.7 cm³/mol. The van der Waals surface area contributed by atoms with E-state index < -0.39 is 0 Å². The number of nitrogens with one attached hydrogen (secondary N) is 1. The Morgan fingerprint density at radius 1 is 1.39 bits per heavy atom. The Balaban J connectivity index is 1.52. The second-order valence-corrected chi connectivity index (χ2v) is 5.99. The highest BCUT2D eigenvalue weighted by Gasteiger charge is 2.20. The summed E-state index contributed by atoms with van der Waals surface area (Å²) in [5, 5.41) is 3.46. The number of rotatable bonds is 8. The standard InChI is InChI=1S/C15H22BrNO/c1-12-9-14(5-6-15(12)16)10-17-7-2-8-18-11-13-3-4-13/h5-6,9,13,17H,2-4,7-8,10-11H2,1H3. The van der Waals surface area contributed by atoms with Crippen LogP contribution in [0.25, 0.3) is 0 Å². The maximum absolute atomic E-state index is 5.60. The molecule has 2 rings (SSSR count). The first-order chi connectivity index (χ1) is 8.75. The molecular weight excluding hydrogens is 290 g/mol. The third-order valence-electron chi connectivity index (χ3n) is 3.24. The Kier molecular flexibility index (Phi) is 5.67. The summed E-state index contributed by atoms with van der Waals surface area (Å²) in [7, 11) is 0. The minimum Gasteiger partial charge on any atom is -0.381 e. The normalized spacial score (nSPS) is 15.0. The average molecular weight is 312 g/mol. The first-order valence-corrected chi connectivity index (χ1v) is 7.58. The molecule has 1 aromatic rings. The molecule has 0 atom stereocenters. The molecule has 0 saturated heterocycles. The molecular formula is C15H22BrNO. The smallest absolute Gasteiger partial charge is 0.0494 e. The van der Waals surface area contributed by atoms with Gasteiger partial charge in [0.2, 0.25) is 0 Å². The first kappa shape index (κ1) is 14.0. The van der Waals surface area contributed by atoms with E-state index in [1.807, 2.05) is 0 Å². The third-order valence-corrected chi connectivity index (χ3v) is 4.13. The third kappa shape index (κ3) is 5.09. The van der Waals surface area contributed by atoms with Gasteiger partial charge in [-0.2, -0.15) is 0 Å². The second-order valence-electron chi connectivity index (χ2n) is 5.13. The van der Waals surface area contributed by atoms with Crippen molar-refractivity contribution in [1.82, 2.24) is 5.32 Å². The van der Waals surface area contributed by atoms with Crippen molar-refractivity contribution in [3.8, 4) is 0 Å². The van der Waals surface area contributed by atoms with Crippen LogP contribution in [0.15, 0.2) is 22.7 Å². The Morgan fingerprint density at radius 2 is 2.22 bits per heavy atom. The molecule has 3 heteroatoms. The summed E-state index contributed by atoms with van der Waals surface area (Å²) in [6.07, 6.45) is 3.85. The molecule has 1 saturated carbocycles. The zero-order chi connectivity index (χ0) is 12.8. The van der Waals surface area contributed by atoms with Crippen molar-refractivity contribution in [3.05, 3.63) is 33.8 Å². The molecule has 1 N–H and O–H groups in total. The minimum absolute atomic E-state index is 0.878. The zero-order valence-electron chi connectivity index (χ0n) is 11.0. The van der Waals surface area contributed by atoms with E-state index in [0.29, 0.717) is 0 Å². The van der Waals surface area contributed by atoms with Crippen molar-refractivity contribution >= 4 is 15.9 Å². The summed E-state index contributed by atoms with van der Waals surface area (Å²) in [5.41, 5.74) is 2.64. The fraction of sp³-hybridized carbons (Fsp3) is 0.600. The number of hydrogen-bond acceptors (Lipinski definition) is 2. The van der Waals surface area contributed by atoms with Crippen LogP contribution in [0.5, 0.6) is 0 Å². The van der Waals surface area contributed by atoms with Gasteiger partial charge < -0.3 is 10.1 Å². The van der Waals surface area contributed by atoms with E-state index in [0.717, 1.165) is 38.6 Å². The molecule has 100 valence electrons. The van der Waals surface area contributed by atoms with Gasteiger partial charge in [-0.3, -0.25) is 0 Å². The number of benzene rings is 1. The van der Waals surface area contributed by atoms with Gasteiger partial charge in [-0.15, -0.1) is 0 Å². The maximum atomic E-state index is 5.60. The van der Waals surface area contributed by atoms with Gasteiger partial charge in [0.05, 0.1) is 0 Å². The zero-order valence-corrected chi connectivity index (χ0v) is 12.6. The van der Waals surface area contributed by atoms with Crippen molar-refractivity contribution in [2.45, 2.75) is 32.7 Å². The van der Waals surface area contributed by atoms with Crippen LogP contribution in [-0.4, -0.2) is 19.8 Å². The highest BCUT2D eigenvalue weighted by atomic mass is 79.9. The number of hydrogen-bond donors (Lipinski definition) is 1. The van der Waals surface area contributed by atoms with Crippen LogP contribution in [-0.2, 0) is 11.3 Å². The first-order valence-electron chi connectivity index (χ1n) is 6.79. The summed E-state index contributed by atoms with van der Waals surface area (Å²) < 4.78 is 6.78. The second kappa shape index (κ2) is 7.27. The van der Waals surface area contributed by atoms with E-state index in [1.54, 1.807) is 0 Å². The van der Waals surface area contributed by atoms with Crippen LogP contribution in [0, 0.1) is 12.8 Å². The van der Waals surface area contributed by atoms with Gasteiger partial charge in [-0.1, -0.05) is 28.1 Å². The van der Waals surface area contributed by atoms with Crippen LogP contribution in [0.1, 0.15) is 30.4 Å². The average Bonchev–Trinajstić information content (AvgIpc) is 3.16. The van der Waals surface area contributed by atoms with Gasteiger partial charge >= 0.3 is 0 Å². The van der Waals surface area contributed by atoms with Crippen LogP contribution in [0.4, 0.5) is 0 Å². The van der Waals surface area contributed by atoms with Crippen molar-refractivity contribution in [1.29, 1.82) is 0 Å². The fourth-order valence-electron chi connectivity index (χ4n) is 1.88. The molecule has 0 heterocycles. The van der Waals surface area contributed by atoms with Crippen molar-refractivity contribution in [3.63, 3.8) is 0 Å². The molecule has 1 fully saturated rings. The molecule has 1 aliphatic carbocycles. The molecule has 1 aromatic carbocycles. The summed E-state index contributed by atoms with van der Waals surface area (Å²) >= 11 is 3.52. The van der Waals surface area contributed by atoms with Gasteiger partial charge in [-0.25, -0.2) is 0 Å². The Morgan fingerprint density at radius 3 is 2.94 bits per heavy atom. The summed E-state index contributed by atoms with van der Waals surface area (Å²) in [4.78, 5) is 0. The molecule has 1 aliphatic rings. The quantitative estimate of drug-likeness (QED) is 0.740. The van der Waals surface area contributed by atoms with Crippen LogP contribution < -0.4 is 5.32 Å². The highest BCUT2D eigenvalue weighted by molar-refractivity contribution is 9.10. The molecule has 0 amide bonds. The van der Waals surface area contributed by atoms with E-state index in [4.69, 9.17) is 4.74 Å². The lowest BCUT2D eigenvalue weighted by atomic mass is 10.1. The van der Waals surface area contributed by atoms with Crippen molar-refractivity contribution in [2.75, 3.05) is 19.8 Å². The largest absolute Gasteiger partial charge is 0.381 e. The van der Waals surface area contributed by atoms with Gasteiger partial charge in [0.25, 0.3) is 0 Å². The summed E-state index contributed by atoms with van der Waals surface area (Å²) in [5.74, 6) is 0.878. The number of halogens is 1. The lowest BCUT2D eigenvalue weighted by Crippen LogP contribution is -2.16. The van der Waals surface area contributed by atoms with E-state index in [-0.39, 0.29) is 0 Å². The van der Waals surface area contributed by atoms with E-state index >= 15 is 0 Å². The Labute approximate surface area is 118 Å². The lowest BCUT2D eigenvalue weighted by molar-refractivity contribution is 0.122. The summed E-state index contributed by atoms with van der Waals surface area (Å²) in [6.45, 7) is 5.96. The number of ether oxygens (including phenoxy) is 1. The minimum atomic E-state index is 0.878. The van der Waals surface area contributed by atoms with Gasteiger partial charge in [0.1, 0.15) is 0 Å². The van der Waals surface area contributed by atoms with Gasteiger partial charge in [0.15, 0.2) is 0 Å². The monoisotopic (exact) mass is 311 g/mol. The topological polar surface area (TPSA) is 21.3 Å². The molecule has 18 heavy (non-hydrogen) atoms. The molecule has 0 aliphatic heterocycles. The van der Waals surface area contributed by atoms with Crippen LogP contribution in [0.2, 0.25) is 0 Å². The molecule has 0 unspecified atom stereocenters. The predicted octanol–water partition coefficient (Wildman–Crippen LogP) is 3.66. The summed E-state index contributed by atoms with van der Waals surface area (Å²) in [6, 6.07) is 6.50. The highest BCUT2D eigenvalue weighted by Crippen LogP contribution is 2.28. The van der Waals surface area contributed by atoms with E-state index in [9.17, 15) is 0 Å². The Hall–Kier alpha value is -0.380. The van der Waals surface area contributed by atoms with E-state index in [2.05, 4.69) is 46.4 Å². The maximum Gasteiger partial charge on any atom is 0.0494 e. The van der Waals surface area contributed by atoms with Crippen molar-refractivity contribution < 1.29 is 4.74 Å². The van der Waals surface area contributed by atoms with Crippen molar-refractivity contribution in [2.24, 2.45) is 5.92 Å². The molecule has 0 aromatic heterocycles. The SMILES string of the molecule is Cc1cc(CNCCCOCC2CC2)ccc1Br. The Bertz CT molecular complexity index is 377. The van der Waals surface area contributed by atoms with Gasteiger partial charge in [-0.05, 0) is 55.8 Å². The molecule has 0 radical (unpaired) electrons. The van der Waals surface area contributed by atoms with Crippen LogP contribution in [0.3, 0.4) is 0 Å². The molecule has 2 nitrogen and oxygen atoms in total. The lowest BCUT2D eigenvalue weighted by Gasteiger charge is -2.07.